The normalized spacial score (nSPS) is 12.4. The monoisotopic (exact) mass is 199 g/mol. The molecule has 1 rings (SSSR count). The van der Waals surface area contributed by atoms with Crippen LogP contribution < -0.4 is 0 Å². The Morgan fingerprint density at radius 3 is 3.00 bits per heavy atom. The van der Waals surface area contributed by atoms with Crippen molar-refractivity contribution in [3.05, 3.63) is 30.1 Å². The zero-order valence-corrected chi connectivity index (χ0v) is 7.74. The molecule has 0 bridgehead atoms. The van der Waals surface area contributed by atoms with Gasteiger partial charge < -0.3 is 5.11 Å². The molecule has 0 aliphatic heterocycles. The standard InChI is InChI=1S/C9H10ClNO2/c10-8(3-4-9(12)13)7-2-1-5-11-6-7/h1-2,5-6,8H,3-4H2,(H,12,13). The molecule has 0 amide bonds. The Bertz CT molecular complexity index is 276. The van der Waals surface area contributed by atoms with Crippen LogP contribution in [0.1, 0.15) is 23.8 Å². The van der Waals surface area contributed by atoms with Crippen LogP contribution in [-0.2, 0) is 4.79 Å². The van der Waals surface area contributed by atoms with Gasteiger partial charge in [0, 0.05) is 18.8 Å². The van der Waals surface area contributed by atoms with Crippen molar-refractivity contribution in [2.75, 3.05) is 0 Å². The molecule has 0 saturated heterocycles. The first-order valence-corrected chi connectivity index (χ1v) is 4.39. The number of halogens is 1. The smallest absolute Gasteiger partial charge is 0.303 e. The van der Waals surface area contributed by atoms with Crippen molar-refractivity contribution in [2.24, 2.45) is 0 Å². The fourth-order valence-electron chi connectivity index (χ4n) is 0.978. The Labute approximate surface area is 81.4 Å². The summed E-state index contributed by atoms with van der Waals surface area (Å²) < 4.78 is 0. The molecule has 3 nitrogen and oxygen atoms in total. The van der Waals surface area contributed by atoms with Crippen LogP contribution in [0.3, 0.4) is 0 Å². The van der Waals surface area contributed by atoms with Crippen molar-refractivity contribution in [2.45, 2.75) is 18.2 Å². The molecule has 0 radical (unpaired) electrons. The van der Waals surface area contributed by atoms with Crippen LogP contribution in [0.4, 0.5) is 0 Å². The summed E-state index contributed by atoms with van der Waals surface area (Å²) in [7, 11) is 0. The summed E-state index contributed by atoms with van der Waals surface area (Å²) in [6.45, 7) is 0. The number of nitrogens with zero attached hydrogens (tertiary/aromatic N) is 1. The van der Waals surface area contributed by atoms with Gasteiger partial charge in [-0.1, -0.05) is 6.07 Å². The van der Waals surface area contributed by atoms with E-state index in [-0.39, 0.29) is 11.8 Å². The lowest BCUT2D eigenvalue weighted by Crippen LogP contribution is -1.98. The topological polar surface area (TPSA) is 50.2 Å². The van der Waals surface area contributed by atoms with Gasteiger partial charge in [0.2, 0.25) is 0 Å². The predicted molar refractivity (Wildman–Crippen MR) is 49.7 cm³/mol. The van der Waals surface area contributed by atoms with Crippen LogP contribution in [0, 0.1) is 0 Å². The number of alkyl halides is 1. The summed E-state index contributed by atoms with van der Waals surface area (Å²) in [6.07, 6.45) is 3.83. The molecule has 4 heteroatoms. The second-order valence-corrected chi connectivity index (χ2v) is 3.21. The first-order valence-electron chi connectivity index (χ1n) is 3.96. The van der Waals surface area contributed by atoms with E-state index in [0.717, 1.165) is 5.56 Å². The number of aliphatic carboxylic acids is 1. The molecule has 0 aliphatic rings. The number of carboxylic acids is 1. The van der Waals surface area contributed by atoms with Crippen LogP contribution in [0.5, 0.6) is 0 Å². The molecule has 0 aromatic carbocycles. The van der Waals surface area contributed by atoms with Crippen molar-refractivity contribution in [1.29, 1.82) is 0 Å². The Morgan fingerprint density at radius 2 is 2.46 bits per heavy atom. The minimum Gasteiger partial charge on any atom is -0.481 e. The summed E-state index contributed by atoms with van der Waals surface area (Å²) >= 11 is 5.95. The number of pyridine rings is 1. The van der Waals surface area contributed by atoms with Gasteiger partial charge in [-0.05, 0) is 18.1 Å². The van der Waals surface area contributed by atoms with Crippen molar-refractivity contribution >= 4 is 17.6 Å². The van der Waals surface area contributed by atoms with E-state index in [0.29, 0.717) is 6.42 Å². The average Bonchev–Trinajstić information content (AvgIpc) is 2.15. The highest BCUT2D eigenvalue weighted by Crippen LogP contribution is 2.24. The lowest BCUT2D eigenvalue weighted by atomic mass is 10.1. The second-order valence-electron chi connectivity index (χ2n) is 2.69. The summed E-state index contributed by atoms with van der Waals surface area (Å²) in [5.74, 6) is -0.824. The molecule has 0 aliphatic carbocycles. The third-order valence-corrected chi connectivity index (χ3v) is 2.13. The Kier molecular flexibility index (Phi) is 3.71. The molecule has 1 heterocycles. The van der Waals surface area contributed by atoms with Crippen molar-refractivity contribution in [3.63, 3.8) is 0 Å². The SMILES string of the molecule is O=C(O)CCC(Cl)c1cccnc1. The van der Waals surface area contributed by atoms with E-state index in [2.05, 4.69) is 4.98 Å². The predicted octanol–water partition coefficient (Wildman–Crippen LogP) is 2.23. The largest absolute Gasteiger partial charge is 0.481 e. The first kappa shape index (κ1) is 9.99. The molecule has 70 valence electrons. The fraction of sp³-hybridized carbons (Fsp3) is 0.333. The van der Waals surface area contributed by atoms with E-state index in [1.54, 1.807) is 18.5 Å². The summed E-state index contributed by atoms with van der Waals surface area (Å²) in [6, 6.07) is 3.62. The van der Waals surface area contributed by atoms with Crippen molar-refractivity contribution in [3.8, 4) is 0 Å². The second kappa shape index (κ2) is 4.82. The summed E-state index contributed by atoms with van der Waals surface area (Å²) in [5, 5.41) is 8.18. The molecular formula is C9H10ClNO2. The molecule has 1 aromatic rings. The zero-order valence-electron chi connectivity index (χ0n) is 6.98. The molecule has 13 heavy (non-hydrogen) atoms. The van der Waals surface area contributed by atoms with Crippen LogP contribution in [0.15, 0.2) is 24.5 Å². The Morgan fingerprint density at radius 1 is 1.69 bits per heavy atom. The van der Waals surface area contributed by atoms with E-state index in [9.17, 15) is 4.79 Å². The lowest BCUT2D eigenvalue weighted by molar-refractivity contribution is -0.137. The first-order chi connectivity index (χ1) is 6.20. The summed E-state index contributed by atoms with van der Waals surface area (Å²) in [4.78, 5) is 14.2. The van der Waals surface area contributed by atoms with Gasteiger partial charge in [0.15, 0.2) is 0 Å². The van der Waals surface area contributed by atoms with E-state index >= 15 is 0 Å². The average molecular weight is 200 g/mol. The zero-order chi connectivity index (χ0) is 9.68. The van der Waals surface area contributed by atoms with Crippen LogP contribution in [-0.4, -0.2) is 16.1 Å². The number of aromatic nitrogens is 1. The molecule has 1 N–H and O–H groups in total. The molecule has 1 atom stereocenters. The van der Waals surface area contributed by atoms with Crippen molar-refractivity contribution < 1.29 is 9.90 Å². The van der Waals surface area contributed by atoms with Gasteiger partial charge in [-0.15, -0.1) is 11.6 Å². The third-order valence-electron chi connectivity index (χ3n) is 1.66. The van der Waals surface area contributed by atoms with Gasteiger partial charge in [0.25, 0.3) is 0 Å². The maximum Gasteiger partial charge on any atom is 0.303 e. The van der Waals surface area contributed by atoms with Gasteiger partial charge in [-0.3, -0.25) is 9.78 Å². The number of rotatable bonds is 4. The van der Waals surface area contributed by atoms with Crippen LogP contribution in [0.2, 0.25) is 0 Å². The molecule has 1 aromatic heterocycles. The van der Waals surface area contributed by atoms with E-state index in [1.165, 1.54) is 0 Å². The Hall–Kier alpha value is -1.09. The Balaban J connectivity index is 2.49. The van der Waals surface area contributed by atoms with E-state index in [4.69, 9.17) is 16.7 Å². The van der Waals surface area contributed by atoms with Gasteiger partial charge in [0.05, 0.1) is 5.38 Å². The molecule has 1 unspecified atom stereocenters. The van der Waals surface area contributed by atoms with Gasteiger partial charge in [-0.25, -0.2) is 0 Å². The van der Waals surface area contributed by atoms with E-state index < -0.39 is 5.97 Å². The molecule has 0 spiro atoms. The molecular weight excluding hydrogens is 190 g/mol. The quantitative estimate of drug-likeness (QED) is 0.757. The lowest BCUT2D eigenvalue weighted by Gasteiger charge is -2.06. The van der Waals surface area contributed by atoms with Crippen LogP contribution >= 0.6 is 11.6 Å². The van der Waals surface area contributed by atoms with Gasteiger partial charge in [-0.2, -0.15) is 0 Å². The third kappa shape index (κ3) is 3.42. The maximum atomic E-state index is 10.3. The number of hydrogen-bond donors (Lipinski definition) is 1. The maximum absolute atomic E-state index is 10.3. The number of carboxylic acid groups (broad SMARTS) is 1. The highest BCUT2D eigenvalue weighted by Gasteiger charge is 2.09. The minimum atomic E-state index is -0.824. The highest BCUT2D eigenvalue weighted by atomic mass is 35.5. The molecule has 0 saturated carbocycles. The van der Waals surface area contributed by atoms with E-state index in [1.807, 2.05) is 6.07 Å². The highest BCUT2D eigenvalue weighted by molar-refractivity contribution is 6.20. The number of carbonyl (C=O) groups is 1. The van der Waals surface area contributed by atoms with Gasteiger partial charge in [0.1, 0.15) is 0 Å². The van der Waals surface area contributed by atoms with Crippen molar-refractivity contribution in [1.82, 2.24) is 4.98 Å². The summed E-state index contributed by atoms with van der Waals surface area (Å²) in [5.41, 5.74) is 0.866. The van der Waals surface area contributed by atoms with Crippen LogP contribution in [0.25, 0.3) is 0 Å². The fourth-order valence-corrected chi connectivity index (χ4v) is 1.22. The number of hydrogen-bond acceptors (Lipinski definition) is 2. The minimum absolute atomic E-state index is 0.0864. The van der Waals surface area contributed by atoms with Gasteiger partial charge >= 0.3 is 5.97 Å². The molecule has 0 fully saturated rings.